The lowest BCUT2D eigenvalue weighted by Crippen LogP contribution is -2.48. The van der Waals surface area contributed by atoms with Crippen LogP contribution in [0.1, 0.15) is 16.7 Å². The van der Waals surface area contributed by atoms with Crippen LogP contribution >= 0.6 is 11.6 Å². The van der Waals surface area contributed by atoms with Gasteiger partial charge in [-0.25, -0.2) is 4.79 Å². The smallest absolute Gasteiger partial charge is 0.410 e. The van der Waals surface area contributed by atoms with E-state index >= 15 is 0 Å². The van der Waals surface area contributed by atoms with Gasteiger partial charge in [0.15, 0.2) is 0 Å². The number of rotatable bonds is 7. The number of amides is 1. The Bertz CT molecular complexity index is 1020. The van der Waals surface area contributed by atoms with Crippen molar-refractivity contribution < 1.29 is 14.3 Å². The fourth-order valence-corrected chi connectivity index (χ4v) is 3.92. The van der Waals surface area contributed by atoms with Crippen LogP contribution < -0.4 is 4.74 Å². The van der Waals surface area contributed by atoms with E-state index in [1.807, 2.05) is 54.6 Å². The predicted molar refractivity (Wildman–Crippen MR) is 126 cm³/mol. The Morgan fingerprint density at radius 3 is 2.31 bits per heavy atom. The van der Waals surface area contributed by atoms with Crippen molar-refractivity contribution in [1.82, 2.24) is 9.80 Å². The van der Waals surface area contributed by atoms with Gasteiger partial charge in [-0.1, -0.05) is 72.3 Å². The Hall–Kier alpha value is -3.02. The molecule has 1 amide bonds. The van der Waals surface area contributed by atoms with Crippen molar-refractivity contribution in [1.29, 1.82) is 0 Å². The average molecular weight is 451 g/mol. The van der Waals surface area contributed by atoms with Crippen molar-refractivity contribution in [3.8, 4) is 5.75 Å². The minimum Gasteiger partial charge on any atom is -0.489 e. The van der Waals surface area contributed by atoms with E-state index in [0.717, 1.165) is 42.1 Å². The molecule has 32 heavy (non-hydrogen) atoms. The van der Waals surface area contributed by atoms with Gasteiger partial charge in [0, 0.05) is 43.3 Å². The number of nitrogens with zero attached hydrogens (tertiary/aromatic N) is 2. The molecule has 0 spiro atoms. The fraction of sp³-hybridized carbons (Fsp3) is 0.269. The van der Waals surface area contributed by atoms with Gasteiger partial charge >= 0.3 is 6.09 Å². The number of piperazine rings is 1. The van der Waals surface area contributed by atoms with Gasteiger partial charge in [0.2, 0.25) is 0 Å². The molecule has 6 heteroatoms. The highest BCUT2D eigenvalue weighted by Crippen LogP contribution is 2.22. The van der Waals surface area contributed by atoms with Gasteiger partial charge in [0.25, 0.3) is 0 Å². The summed E-state index contributed by atoms with van der Waals surface area (Å²) in [6.07, 6.45) is -0.281. The molecule has 4 rings (SSSR count). The lowest BCUT2D eigenvalue weighted by atomic mass is 10.1. The largest absolute Gasteiger partial charge is 0.489 e. The van der Waals surface area contributed by atoms with E-state index in [0.29, 0.717) is 24.7 Å². The van der Waals surface area contributed by atoms with Gasteiger partial charge in [-0.05, 0) is 29.3 Å². The van der Waals surface area contributed by atoms with Crippen LogP contribution in [0.3, 0.4) is 0 Å². The fourth-order valence-electron chi connectivity index (χ4n) is 3.70. The molecule has 0 aliphatic carbocycles. The van der Waals surface area contributed by atoms with Crippen molar-refractivity contribution in [2.24, 2.45) is 0 Å². The maximum absolute atomic E-state index is 12.4. The molecule has 1 aliphatic rings. The van der Waals surface area contributed by atoms with Crippen molar-refractivity contribution >= 4 is 17.7 Å². The maximum Gasteiger partial charge on any atom is 0.410 e. The summed E-state index contributed by atoms with van der Waals surface area (Å²) in [5.74, 6) is 0.903. The molecule has 3 aromatic carbocycles. The number of para-hydroxylation sites is 1. The zero-order chi connectivity index (χ0) is 22.2. The Balaban J connectivity index is 1.25. The molecule has 0 bridgehead atoms. The minimum absolute atomic E-state index is 0.228. The highest BCUT2D eigenvalue weighted by atomic mass is 35.5. The van der Waals surface area contributed by atoms with Crippen LogP contribution in [0.2, 0.25) is 5.02 Å². The number of ether oxygens (including phenoxy) is 2. The topological polar surface area (TPSA) is 42.0 Å². The third-order valence-electron chi connectivity index (χ3n) is 5.49. The van der Waals surface area contributed by atoms with Crippen molar-refractivity contribution in [2.75, 3.05) is 26.2 Å². The van der Waals surface area contributed by atoms with Crippen LogP contribution in [0, 0.1) is 0 Å². The molecule has 1 fully saturated rings. The second kappa shape index (κ2) is 11.0. The lowest BCUT2D eigenvalue weighted by molar-refractivity contribution is 0.0698. The first kappa shape index (κ1) is 22.2. The summed E-state index contributed by atoms with van der Waals surface area (Å²) in [7, 11) is 0. The standard InChI is InChI=1S/C26H27ClN2O3/c27-24-11-6-9-22(17-24)20-32-26(30)29-15-13-28(14-16-29)18-23-10-4-5-12-25(23)31-19-21-7-2-1-3-8-21/h1-12,17H,13-16,18-20H2. The Morgan fingerprint density at radius 2 is 1.53 bits per heavy atom. The SMILES string of the molecule is O=C(OCc1cccc(Cl)c1)N1CCN(Cc2ccccc2OCc2ccccc2)CC1. The van der Waals surface area contributed by atoms with Crippen LogP contribution in [0.15, 0.2) is 78.9 Å². The van der Waals surface area contributed by atoms with Gasteiger partial charge in [-0.3, -0.25) is 4.90 Å². The second-order valence-electron chi connectivity index (χ2n) is 7.83. The van der Waals surface area contributed by atoms with E-state index in [1.54, 1.807) is 11.0 Å². The first-order valence-electron chi connectivity index (χ1n) is 10.8. The summed E-state index contributed by atoms with van der Waals surface area (Å²) < 4.78 is 11.5. The first-order valence-corrected chi connectivity index (χ1v) is 11.2. The molecule has 0 radical (unpaired) electrons. The van der Waals surface area contributed by atoms with E-state index in [-0.39, 0.29) is 12.7 Å². The van der Waals surface area contributed by atoms with Crippen LogP contribution in [-0.2, 0) is 24.5 Å². The van der Waals surface area contributed by atoms with E-state index < -0.39 is 0 Å². The average Bonchev–Trinajstić information content (AvgIpc) is 2.83. The van der Waals surface area contributed by atoms with Gasteiger partial charge in [-0.2, -0.15) is 0 Å². The molecule has 0 unspecified atom stereocenters. The second-order valence-corrected chi connectivity index (χ2v) is 8.27. The first-order chi connectivity index (χ1) is 15.7. The van der Waals surface area contributed by atoms with E-state index in [9.17, 15) is 4.79 Å². The summed E-state index contributed by atoms with van der Waals surface area (Å²) in [5.41, 5.74) is 3.18. The van der Waals surface area contributed by atoms with Gasteiger partial charge in [0.1, 0.15) is 19.0 Å². The van der Waals surface area contributed by atoms with Crippen LogP contribution in [0.5, 0.6) is 5.75 Å². The van der Waals surface area contributed by atoms with E-state index in [4.69, 9.17) is 21.1 Å². The van der Waals surface area contributed by atoms with Gasteiger partial charge in [0.05, 0.1) is 0 Å². The molecule has 166 valence electrons. The highest BCUT2D eigenvalue weighted by Gasteiger charge is 2.23. The molecule has 1 saturated heterocycles. The predicted octanol–water partition coefficient (Wildman–Crippen LogP) is 5.37. The third kappa shape index (κ3) is 6.25. The third-order valence-corrected chi connectivity index (χ3v) is 5.72. The van der Waals surface area contributed by atoms with E-state index in [1.165, 1.54) is 0 Å². The number of carbonyl (C=O) groups excluding carboxylic acids is 1. The van der Waals surface area contributed by atoms with Gasteiger partial charge < -0.3 is 14.4 Å². The Morgan fingerprint density at radius 1 is 0.812 bits per heavy atom. The quantitative estimate of drug-likeness (QED) is 0.485. The molecule has 0 atom stereocenters. The van der Waals surface area contributed by atoms with Crippen molar-refractivity contribution in [2.45, 2.75) is 19.8 Å². The minimum atomic E-state index is -0.281. The molecule has 0 N–H and O–H groups in total. The van der Waals surface area contributed by atoms with Crippen LogP contribution in [-0.4, -0.2) is 42.1 Å². The zero-order valence-corrected chi connectivity index (χ0v) is 18.7. The molecule has 1 aliphatic heterocycles. The number of hydrogen-bond donors (Lipinski definition) is 0. The van der Waals surface area contributed by atoms with Gasteiger partial charge in [-0.15, -0.1) is 0 Å². The molecule has 0 saturated carbocycles. The summed E-state index contributed by atoms with van der Waals surface area (Å²) >= 11 is 5.99. The van der Waals surface area contributed by atoms with Crippen LogP contribution in [0.25, 0.3) is 0 Å². The number of hydrogen-bond acceptors (Lipinski definition) is 4. The summed E-state index contributed by atoms with van der Waals surface area (Å²) in [6, 6.07) is 25.7. The summed E-state index contributed by atoms with van der Waals surface area (Å²) in [5, 5.41) is 0.639. The molecular weight excluding hydrogens is 424 g/mol. The number of carbonyl (C=O) groups is 1. The highest BCUT2D eigenvalue weighted by molar-refractivity contribution is 6.30. The lowest BCUT2D eigenvalue weighted by Gasteiger charge is -2.34. The molecule has 5 nitrogen and oxygen atoms in total. The molecule has 3 aromatic rings. The molecule has 0 aromatic heterocycles. The van der Waals surface area contributed by atoms with Crippen LogP contribution in [0.4, 0.5) is 4.79 Å². The number of halogens is 1. The number of benzene rings is 3. The van der Waals surface area contributed by atoms with E-state index in [2.05, 4.69) is 23.1 Å². The monoisotopic (exact) mass is 450 g/mol. The normalized spacial score (nSPS) is 14.2. The summed E-state index contributed by atoms with van der Waals surface area (Å²) in [4.78, 5) is 16.5. The Kier molecular flexibility index (Phi) is 7.64. The van der Waals surface area contributed by atoms with Crippen molar-refractivity contribution in [3.05, 3.63) is 101 Å². The maximum atomic E-state index is 12.4. The molecule has 1 heterocycles. The Labute approximate surface area is 194 Å². The summed E-state index contributed by atoms with van der Waals surface area (Å²) in [6.45, 7) is 4.42. The molecular formula is C26H27ClN2O3. The zero-order valence-electron chi connectivity index (χ0n) is 18.0. The van der Waals surface area contributed by atoms with Crippen molar-refractivity contribution in [3.63, 3.8) is 0 Å².